The highest BCUT2D eigenvalue weighted by atomic mass is 16.5. The highest BCUT2D eigenvalue weighted by molar-refractivity contribution is 5.99. The third-order valence-corrected chi connectivity index (χ3v) is 1.80. The second kappa shape index (κ2) is 4.66. The summed E-state index contributed by atoms with van der Waals surface area (Å²) in [5, 5.41) is 0. The topological polar surface area (TPSA) is 78.1 Å². The number of nitrogens with zero attached hydrogens (tertiary/aromatic N) is 2. The molecule has 2 N–H and O–H groups in total. The largest absolute Gasteiger partial charge is 0.480 e. The first-order valence-corrected chi connectivity index (χ1v) is 4.36. The fraction of sp³-hybridized carbons (Fsp3) is 0.444. The van der Waals surface area contributed by atoms with Gasteiger partial charge < -0.3 is 10.5 Å². The van der Waals surface area contributed by atoms with Crippen LogP contribution in [0, 0.1) is 0 Å². The van der Waals surface area contributed by atoms with Gasteiger partial charge in [-0.1, -0.05) is 6.92 Å². The van der Waals surface area contributed by atoms with Gasteiger partial charge >= 0.3 is 0 Å². The van der Waals surface area contributed by atoms with E-state index in [4.69, 9.17) is 10.5 Å². The maximum atomic E-state index is 11.3. The van der Waals surface area contributed by atoms with Crippen LogP contribution in [0.2, 0.25) is 0 Å². The SMILES string of the molecule is CCc1ncc(C(=O)CN)c(OC)n1. The molecule has 0 fully saturated rings. The number of carbonyl (C=O) groups is 1. The third-order valence-electron chi connectivity index (χ3n) is 1.80. The molecule has 0 aromatic carbocycles. The summed E-state index contributed by atoms with van der Waals surface area (Å²) in [7, 11) is 1.47. The average molecular weight is 195 g/mol. The van der Waals surface area contributed by atoms with Crippen molar-refractivity contribution in [3.63, 3.8) is 0 Å². The van der Waals surface area contributed by atoms with Crippen LogP contribution in [0.1, 0.15) is 23.1 Å². The number of nitrogens with two attached hydrogens (primary N) is 1. The number of rotatable bonds is 4. The summed E-state index contributed by atoms with van der Waals surface area (Å²) in [6.45, 7) is 1.87. The molecule has 0 bridgehead atoms. The van der Waals surface area contributed by atoms with E-state index in [9.17, 15) is 4.79 Å². The molecule has 0 saturated heterocycles. The number of ketones is 1. The highest BCUT2D eigenvalue weighted by Crippen LogP contribution is 2.14. The zero-order valence-corrected chi connectivity index (χ0v) is 8.28. The van der Waals surface area contributed by atoms with Gasteiger partial charge in [0.2, 0.25) is 5.88 Å². The first-order chi connectivity index (χ1) is 6.72. The molecule has 0 aliphatic heterocycles. The van der Waals surface area contributed by atoms with E-state index < -0.39 is 0 Å². The molecule has 76 valence electrons. The summed E-state index contributed by atoms with van der Waals surface area (Å²) < 4.78 is 4.98. The quantitative estimate of drug-likeness (QED) is 0.694. The van der Waals surface area contributed by atoms with Crippen molar-refractivity contribution >= 4 is 5.78 Å². The Morgan fingerprint density at radius 1 is 1.64 bits per heavy atom. The lowest BCUT2D eigenvalue weighted by atomic mass is 10.2. The van der Waals surface area contributed by atoms with Crippen molar-refractivity contribution in [1.82, 2.24) is 9.97 Å². The maximum Gasteiger partial charge on any atom is 0.227 e. The number of aromatic nitrogens is 2. The molecule has 0 atom stereocenters. The Balaban J connectivity index is 3.11. The third kappa shape index (κ3) is 2.05. The van der Waals surface area contributed by atoms with Gasteiger partial charge in [-0.3, -0.25) is 4.79 Å². The minimum atomic E-state index is -0.218. The summed E-state index contributed by atoms with van der Waals surface area (Å²) in [6, 6.07) is 0. The highest BCUT2D eigenvalue weighted by Gasteiger charge is 2.13. The van der Waals surface area contributed by atoms with E-state index in [1.54, 1.807) is 0 Å². The van der Waals surface area contributed by atoms with E-state index in [-0.39, 0.29) is 12.3 Å². The van der Waals surface area contributed by atoms with Crippen LogP contribution in [-0.4, -0.2) is 29.4 Å². The van der Waals surface area contributed by atoms with Gasteiger partial charge in [0.1, 0.15) is 5.82 Å². The van der Waals surface area contributed by atoms with E-state index in [1.165, 1.54) is 13.3 Å². The van der Waals surface area contributed by atoms with Crippen LogP contribution in [-0.2, 0) is 6.42 Å². The smallest absolute Gasteiger partial charge is 0.227 e. The predicted octanol–water partition coefficient (Wildman–Crippen LogP) is 0.189. The van der Waals surface area contributed by atoms with E-state index in [1.807, 2.05) is 6.92 Å². The number of Topliss-reactive ketones (excluding diaryl/α,β-unsaturated/α-hetero) is 1. The molecule has 14 heavy (non-hydrogen) atoms. The fourth-order valence-electron chi connectivity index (χ4n) is 1.03. The molecule has 0 unspecified atom stereocenters. The Hall–Kier alpha value is -1.49. The van der Waals surface area contributed by atoms with Crippen molar-refractivity contribution in [3.05, 3.63) is 17.6 Å². The van der Waals surface area contributed by atoms with E-state index in [0.29, 0.717) is 23.7 Å². The molecule has 5 nitrogen and oxygen atoms in total. The van der Waals surface area contributed by atoms with Crippen molar-refractivity contribution in [2.75, 3.05) is 13.7 Å². The molecule has 0 radical (unpaired) electrons. The Labute approximate surface area is 82.3 Å². The van der Waals surface area contributed by atoms with Crippen LogP contribution >= 0.6 is 0 Å². The Kier molecular flexibility index (Phi) is 3.53. The minimum Gasteiger partial charge on any atom is -0.480 e. The Morgan fingerprint density at radius 2 is 2.36 bits per heavy atom. The van der Waals surface area contributed by atoms with Gasteiger partial charge in [-0.15, -0.1) is 0 Å². The second-order valence-corrected chi connectivity index (χ2v) is 2.69. The average Bonchev–Trinajstić information content (AvgIpc) is 2.27. The van der Waals surface area contributed by atoms with Crippen LogP contribution in [0.4, 0.5) is 0 Å². The molecule has 1 aromatic rings. The molecule has 0 aliphatic carbocycles. The van der Waals surface area contributed by atoms with Gasteiger partial charge in [0, 0.05) is 12.6 Å². The van der Waals surface area contributed by atoms with Gasteiger partial charge in [-0.2, -0.15) is 4.98 Å². The molecule has 1 heterocycles. The number of ether oxygens (including phenoxy) is 1. The Bertz CT molecular complexity index is 339. The predicted molar refractivity (Wildman–Crippen MR) is 51.3 cm³/mol. The first kappa shape index (κ1) is 10.6. The van der Waals surface area contributed by atoms with E-state index in [0.717, 1.165) is 0 Å². The second-order valence-electron chi connectivity index (χ2n) is 2.69. The molecule has 0 saturated carbocycles. The molecule has 5 heteroatoms. The van der Waals surface area contributed by atoms with Crippen molar-refractivity contribution in [3.8, 4) is 5.88 Å². The molecule has 0 amide bonds. The standard InChI is InChI=1S/C9H13N3O2/c1-3-8-11-5-6(7(13)4-10)9(12-8)14-2/h5H,3-4,10H2,1-2H3. The number of carbonyl (C=O) groups excluding carboxylic acids is 1. The molecule has 1 aromatic heterocycles. The molecular formula is C9H13N3O2. The van der Waals surface area contributed by atoms with E-state index in [2.05, 4.69) is 9.97 Å². The van der Waals surface area contributed by atoms with Crippen LogP contribution in [0.3, 0.4) is 0 Å². The first-order valence-electron chi connectivity index (χ1n) is 4.36. The lowest BCUT2D eigenvalue weighted by Crippen LogP contribution is -2.16. The number of hydrogen-bond acceptors (Lipinski definition) is 5. The zero-order chi connectivity index (χ0) is 10.6. The molecular weight excluding hydrogens is 182 g/mol. The summed E-state index contributed by atoms with van der Waals surface area (Å²) in [6.07, 6.45) is 2.16. The fourth-order valence-corrected chi connectivity index (χ4v) is 1.03. The van der Waals surface area contributed by atoms with Gasteiger partial charge in [0.05, 0.1) is 19.2 Å². The van der Waals surface area contributed by atoms with Gasteiger partial charge in [-0.05, 0) is 0 Å². The minimum absolute atomic E-state index is 0.0643. The van der Waals surface area contributed by atoms with Crippen LogP contribution in [0.5, 0.6) is 5.88 Å². The Morgan fingerprint density at radius 3 is 2.86 bits per heavy atom. The normalized spacial score (nSPS) is 9.93. The summed E-state index contributed by atoms with van der Waals surface area (Å²) >= 11 is 0. The summed E-state index contributed by atoms with van der Waals surface area (Å²) in [4.78, 5) is 19.4. The van der Waals surface area contributed by atoms with E-state index >= 15 is 0 Å². The summed E-state index contributed by atoms with van der Waals surface area (Å²) in [5.74, 6) is 0.729. The number of aryl methyl sites for hydroxylation is 1. The lowest BCUT2D eigenvalue weighted by Gasteiger charge is -2.05. The van der Waals surface area contributed by atoms with Crippen molar-refractivity contribution in [1.29, 1.82) is 0 Å². The number of methoxy groups -OCH3 is 1. The number of hydrogen-bond donors (Lipinski definition) is 1. The molecule has 0 spiro atoms. The van der Waals surface area contributed by atoms with Crippen LogP contribution in [0.25, 0.3) is 0 Å². The zero-order valence-electron chi connectivity index (χ0n) is 8.28. The molecule has 0 aliphatic rings. The molecule has 1 rings (SSSR count). The summed E-state index contributed by atoms with van der Waals surface area (Å²) in [5.41, 5.74) is 5.58. The van der Waals surface area contributed by atoms with Gasteiger partial charge in [0.25, 0.3) is 0 Å². The van der Waals surface area contributed by atoms with Crippen LogP contribution in [0.15, 0.2) is 6.20 Å². The van der Waals surface area contributed by atoms with Crippen molar-refractivity contribution in [2.24, 2.45) is 5.73 Å². The van der Waals surface area contributed by atoms with Gasteiger partial charge in [-0.25, -0.2) is 4.98 Å². The van der Waals surface area contributed by atoms with Crippen molar-refractivity contribution in [2.45, 2.75) is 13.3 Å². The lowest BCUT2D eigenvalue weighted by molar-refractivity contribution is 0.0997. The maximum absolute atomic E-state index is 11.3. The van der Waals surface area contributed by atoms with Crippen LogP contribution < -0.4 is 10.5 Å². The van der Waals surface area contributed by atoms with Crippen molar-refractivity contribution < 1.29 is 9.53 Å². The van der Waals surface area contributed by atoms with Gasteiger partial charge in [0.15, 0.2) is 5.78 Å². The monoisotopic (exact) mass is 195 g/mol.